The Morgan fingerprint density at radius 3 is 2.51 bits per heavy atom. The minimum atomic E-state index is -0.294. The standard InChI is InChI=1S/C28H31N5O5S/c1-35-18-20-16-26(33-13-11-32(12-14-33)21-5-7-22(36-2)8-6-21)31-28(30-20)39-19-24-9-10-25(38-24)27(34)29-17-23-4-3-15-37-23/h3-10,15-16H,11-14,17-19H2,1-2H3,(H,29,34). The Kier molecular flexibility index (Phi) is 8.69. The highest BCUT2D eigenvalue weighted by Gasteiger charge is 2.20. The maximum absolute atomic E-state index is 12.4. The molecule has 1 aliphatic heterocycles. The lowest BCUT2D eigenvalue weighted by Gasteiger charge is -2.37. The number of nitrogens with zero attached hydrogens (tertiary/aromatic N) is 4. The van der Waals surface area contributed by atoms with Gasteiger partial charge in [-0.15, -0.1) is 0 Å². The highest BCUT2D eigenvalue weighted by Crippen LogP contribution is 2.26. The molecule has 0 atom stereocenters. The number of piperazine rings is 1. The average Bonchev–Trinajstić information content (AvgIpc) is 3.68. The van der Waals surface area contributed by atoms with E-state index in [1.165, 1.54) is 17.4 Å². The Morgan fingerprint density at radius 1 is 1.00 bits per heavy atom. The molecule has 11 heteroatoms. The molecule has 1 amide bonds. The smallest absolute Gasteiger partial charge is 0.287 e. The number of nitrogens with one attached hydrogen (secondary N) is 1. The monoisotopic (exact) mass is 549 g/mol. The number of benzene rings is 1. The minimum absolute atomic E-state index is 0.252. The molecule has 0 aliphatic carbocycles. The molecule has 0 radical (unpaired) electrons. The van der Waals surface area contributed by atoms with Crippen molar-refractivity contribution in [2.45, 2.75) is 24.1 Å². The van der Waals surface area contributed by atoms with Gasteiger partial charge in [0.1, 0.15) is 23.1 Å². The number of hydrogen-bond acceptors (Lipinski definition) is 10. The van der Waals surface area contributed by atoms with Gasteiger partial charge < -0.3 is 33.4 Å². The zero-order chi connectivity index (χ0) is 27.0. The molecule has 0 bridgehead atoms. The maximum atomic E-state index is 12.4. The fourth-order valence-electron chi connectivity index (χ4n) is 4.28. The van der Waals surface area contributed by atoms with Crippen molar-refractivity contribution in [3.63, 3.8) is 0 Å². The van der Waals surface area contributed by atoms with Crippen LogP contribution in [0.15, 0.2) is 74.9 Å². The summed E-state index contributed by atoms with van der Waals surface area (Å²) in [5.41, 5.74) is 2.00. The third kappa shape index (κ3) is 6.92. The molecule has 0 unspecified atom stereocenters. The number of amides is 1. The Hall–Kier alpha value is -3.96. The van der Waals surface area contributed by atoms with Crippen molar-refractivity contribution >= 4 is 29.2 Å². The Balaban J connectivity index is 1.19. The number of methoxy groups -OCH3 is 2. The summed E-state index contributed by atoms with van der Waals surface area (Å²) in [7, 11) is 3.33. The van der Waals surface area contributed by atoms with E-state index in [1.807, 2.05) is 18.2 Å². The number of carbonyl (C=O) groups excluding carboxylic acids is 1. The summed E-state index contributed by atoms with van der Waals surface area (Å²) in [5.74, 6) is 3.53. The van der Waals surface area contributed by atoms with Gasteiger partial charge >= 0.3 is 0 Å². The van der Waals surface area contributed by atoms with Crippen molar-refractivity contribution in [2.24, 2.45) is 0 Å². The summed E-state index contributed by atoms with van der Waals surface area (Å²) in [6.07, 6.45) is 1.57. The SMILES string of the molecule is COCc1cc(N2CCN(c3ccc(OC)cc3)CC2)nc(SCc2ccc(C(=O)NCc3ccco3)o2)n1. The lowest BCUT2D eigenvalue weighted by atomic mass is 10.2. The van der Waals surface area contributed by atoms with Gasteiger partial charge in [0.05, 0.1) is 38.0 Å². The third-order valence-electron chi connectivity index (χ3n) is 6.31. The molecule has 1 fully saturated rings. The van der Waals surface area contributed by atoms with Gasteiger partial charge in [-0.2, -0.15) is 0 Å². The molecule has 1 aliphatic rings. The number of carbonyl (C=O) groups is 1. The molecule has 4 aromatic rings. The summed E-state index contributed by atoms with van der Waals surface area (Å²) in [6, 6.07) is 17.2. The molecule has 4 heterocycles. The van der Waals surface area contributed by atoms with Crippen molar-refractivity contribution in [1.82, 2.24) is 15.3 Å². The van der Waals surface area contributed by atoms with Crippen LogP contribution in [0.3, 0.4) is 0 Å². The second kappa shape index (κ2) is 12.7. The fraction of sp³-hybridized carbons (Fsp3) is 0.321. The first-order chi connectivity index (χ1) is 19.1. The molecular weight excluding hydrogens is 518 g/mol. The number of ether oxygens (including phenoxy) is 2. The quantitative estimate of drug-likeness (QED) is 0.214. The molecule has 1 saturated heterocycles. The average molecular weight is 550 g/mol. The second-order valence-corrected chi connectivity index (χ2v) is 9.86. The molecule has 0 spiro atoms. The Bertz CT molecular complexity index is 1350. The van der Waals surface area contributed by atoms with E-state index in [1.54, 1.807) is 44.7 Å². The van der Waals surface area contributed by atoms with Crippen LogP contribution in [0.5, 0.6) is 5.75 Å². The molecule has 1 N–H and O–H groups in total. The Morgan fingerprint density at radius 2 is 1.79 bits per heavy atom. The zero-order valence-corrected chi connectivity index (χ0v) is 22.8. The normalized spacial score (nSPS) is 13.5. The summed E-state index contributed by atoms with van der Waals surface area (Å²) >= 11 is 1.46. The molecule has 1 aromatic carbocycles. The van der Waals surface area contributed by atoms with E-state index < -0.39 is 0 Å². The summed E-state index contributed by atoms with van der Waals surface area (Å²) in [5, 5.41) is 3.42. The molecule has 204 valence electrons. The van der Waals surface area contributed by atoms with E-state index in [-0.39, 0.29) is 11.7 Å². The first kappa shape index (κ1) is 26.6. The number of aromatic nitrogens is 2. The molecular formula is C28H31N5O5S. The summed E-state index contributed by atoms with van der Waals surface area (Å²) in [4.78, 5) is 26.5. The first-order valence-corrected chi connectivity index (χ1v) is 13.6. The van der Waals surface area contributed by atoms with Crippen molar-refractivity contribution in [2.75, 3.05) is 50.2 Å². The highest BCUT2D eigenvalue weighted by molar-refractivity contribution is 7.98. The van der Waals surface area contributed by atoms with Crippen LogP contribution in [-0.4, -0.2) is 56.3 Å². The van der Waals surface area contributed by atoms with Gasteiger partial charge in [0.15, 0.2) is 10.9 Å². The number of anilines is 2. The maximum Gasteiger partial charge on any atom is 0.287 e. The van der Waals surface area contributed by atoms with Gasteiger partial charge in [-0.3, -0.25) is 4.79 Å². The number of rotatable bonds is 11. The lowest BCUT2D eigenvalue weighted by molar-refractivity contribution is 0.0919. The van der Waals surface area contributed by atoms with Crippen LogP contribution in [0.2, 0.25) is 0 Å². The van der Waals surface area contributed by atoms with E-state index in [2.05, 4.69) is 32.2 Å². The molecule has 5 rings (SSSR count). The number of furan rings is 2. The summed E-state index contributed by atoms with van der Waals surface area (Å²) in [6.45, 7) is 4.15. The van der Waals surface area contributed by atoms with Crippen molar-refractivity contribution in [3.8, 4) is 5.75 Å². The van der Waals surface area contributed by atoms with Gasteiger partial charge in [0.2, 0.25) is 0 Å². The van der Waals surface area contributed by atoms with Gasteiger partial charge in [0, 0.05) is 45.0 Å². The van der Waals surface area contributed by atoms with Gasteiger partial charge in [0.25, 0.3) is 5.91 Å². The van der Waals surface area contributed by atoms with Crippen LogP contribution in [0.4, 0.5) is 11.5 Å². The van der Waals surface area contributed by atoms with Crippen molar-refractivity contribution in [3.05, 3.63) is 83.8 Å². The second-order valence-electron chi connectivity index (χ2n) is 8.92. The van der Waals surface area contributed by atoms with Crippen molar-refractivity contribution < 1.29 is 23.1 Å². The van der Waals surface area contributed by atoms with Crippen LogP contribution >= 0.6 is 11.8 Å². The van der Waals surface area contributed by atoms with Crippen LogP contribution in [-0.2, 0) is 23.6 Å². The third-order valence-corrected chi connectivity index (χ3v) is 7.18. The first-order valence-electron chi connectivity index (χ1n) is 12.6. The van der Waals surface area contributed by atoms with Crippen LogP contribution in [0, 0.1) is 0 Å². The van der Waals surface area contributed by atoms with E-state index in [0.717, 1.165) is 43.4 Å². The molecule has 3 aromatic heterocycles. The van der Waals surface area contributed by atoms with Crippen molar-refractivity contribution in [1.29, 1.82) is 0 Å². The fourth-order valence-corrected chi connectivity index (χ4v) is 5.04. The van der Waals surface area contributed by atoms with Gasteiger partial charge in [-0.1, -0.05) is 11.8 Å². The number of thioether (sulfide) groups is 1. The topological polar surface area (TPSA) is 106 Å². The van der Waals surface area contributed by atoms with E-state index in [9.17, 15) is 4.79 Å². The molecule has 10 nitrogen and oxygen atoms in total. The van der Waals surface area contributed by atoms with Gasteiger partial charge in [-0.25, -0.2) is 9.97 Å². The van der Waals surface area contributed by atoms with E-state index in [0.29, 0.717) is 35.6 Å². The molecule has 39 heavy (non-hydrogen) atoms. The summed E-state index contributed by atoms with van der Waals surface area (Å²) < 4.78 is 21.6. The van der Waals surface area contributed by atoms with Crippen LogP contribution < -0.4 is 19.9 Å². The van der Waals surface area contributed by atoms with Crippen LogP contribution in [0.1, 0.15) is 27.8 Å². The number of hydrogen-bond donors (Lipinski definition) is 1. The van der Waals surface area contributed by atoms with E-state index >= 15 is 0 Å². The zero-order valence-electron chi connectivity index (χ0n) is 22.0. The predicted octanol–water partition coefficient (Wildman–Crippen LogP) is 4.37. The van der Waals surface area contributed by atoms with Crippen LogP contribution in [0.25, 0.3) is 0 Å². The largest absolute Gasteiger partial charge is 0.497 e. The Labute approximate surface area is 231 Å². The lowest BCUT2D eigenvalue weighted by Crippen LogP contribution is -2.46. The minimum Gasteiger partial charge on any atom is -0.497 e. The van der Waals surface area contributed by atoms with E-state index in [4.69, 9.17) is 23.3 Å². The predicted molar refractivity (Wildman–Crippen MR) is 148 cm³/mol. The molecule has 0 saturated carbocycles. The van der Waals surface area contributed by atoms with Gasteiger partial charge in [-0.05, 0) is 48.5 Å². The highest BCUT2D eigenvalue weighted by atomic mass is 32.2.